The van der Waals surface area contributed by atoms with Gasteiger partial charge in [0, 0.05) is 57.8 Å². The highest BCUT2D eigenvalue weighted by Gasteiger charge is 2.50. The van der Waals surface area contributed by atoms with Crippen molar-refractivity contribution in [3.05, 3.63) is 35.4 Å². The molecule has 1 amide bonds. The van der Waals surface area contributed by atoms with Gasteiger partial charge in [0.15, 0.2) is 11.6 Å². The van der Waals surface area contributed by atoms with Crippen molar-refractivity contribution in [1.29, 1.82) is 0 Å². The first-order valence-corrected chi connectivity index (χ1v) is 13.2. The van der Waals surface area contributed by atoms with Crippen LogP contribution in [0.2, 0.25) is 0 Å². The van der Waals surface area contributed by atoms with Crippen molar-refractivity contribution in [3.63, 3.8) is 0 Å². The van der Waals surface area contributed by atoms with E-state index in [1.165, 1.54) is 51.3 Å². The van der Waals surface area contributed by atoms with Crippen molar-refractivity contribution in [2.45, 2.75) is 70.0 Å². The first-order valence-electron chi connectivity index (χ1n) is 13.2. The Morgan fingerprint density at radius 1 is 0.788 bits per heavy atom. The number of piperazine rings is 1. The van der Waals surface area contributed by atoms with Gasteiger partial charge in [0.25, 0.3) is 0 Å². The number of carbonyl (C=O) groups is 1. The Morgan fingerprint density at radius 2 is 1.45 bits per heavy atom. The molecule has 2 aliphatic heterocycles. The van der Waals surface area contributed by atoms with Gasteiger partial charge in [-0.3, -0.25) is 14.6 Å². The van der Waals surface area contributed by atoms with Gasteiger partial charge < -0.3 is 4.90 Å². The monoisotopic (exact) mass is 457 g/mol. The van der Waals surface area contributed by atoms with Gasteiger partial charge in [0.2, 0.25) is 5.91 Å². The van der Waals surface area contributed by atoms with Crippen molar-refractivity contribution in [2.75, 3.05) is 32.7 Å². The van der Waals surface area contributed by atoms with E-state index in [2.05, 4.69) is 9.80 Å². The van der Waals surface area contributed by atoms with Crippen molar-refractivity contribution in [1.82, 2.24) is 14.7 Å². The summed E-state index contributed by atoms with van der Waals surface area (Å²) < 4.78 is 26.8. The summed E-state index contributed by atoms with van der Waals surface area (Å²) in [5, 5.41) is 0. The summed E-state index contributed by atoms with van der Waals surface area (Å²) in [7, 11) is 0. The maximum atomic E-state index is 13.6. The topological polar surface area (TPSA) is 26.8 Å². The second kappa shape index (κ2) is 8.92. The van der Waals surface area contributed by atoms with E-state index in [4.69, 9.17) is 0 Å². The van der Waals surface area contributed by atoms with Crippen LogP contribution in [0.3, 0.4) is 0 Å². The molecule has 4 nitrogen and oxygen atoms in total. The van der Waals surface area contributed by atoms with Gasteiger partial charge in [0.1, 0.15) is 0 Å². The number of likely N-dealkylation sites (tertiary alicyclic amines) is 1. The van der Waals surface area contributed by atoms with Gasteiger partial charge in [-0.15, -0.1) is 0 Å². The molecule has 33 heavy (non-hydrogen) atoms. The van der Waals surface area contributed by atoms with Crippen LogP contribution in [0.15, 0.2) is 18.2 Å². The fraction of sp³-hybridized carbons (Fsp3) is 0.741. The summed E-state index contributed by atoms with van der Waals surface area (Å²) in [5.74, 6) is 2.42. The molecule has 0 radical (unpaired) electrons. The van der Waals surface area contributed by atoms with Crippen LogP contribution in [0.4, 0.5) is 8.78 Å². The third-order valence-electron chi connectivity index (χ3n) is 9.60. The average molecular weight is 458 g/mol. The van der Waals surface area contributed by atoms with Crippen LogP contribution in [0, 0.1) is 35.3 Å². The van der Waals surface area contributed by atoms with E-state index in [0.717, 1.165) is 61.7 Å². The largest absolute Gasteiger partial charge is 0.338 e. The minimum Gasteiger partial charge on any atom is -0.338 e. The molecule has 6 aliphatic rings. The van der Waals surface area contributed by atoms with Crippen LogP contribution in [-0.2, 0) is 11.3 Å². The molecule has 1 atom stereocenters. The molecule has 1 unspecified atom stereocenters. The highest BCUT2D eigenvalue weighted by Crippen LogP contribution is 2.55. The fourth-order valence-corrected chi connectivity index (χ4v) is 8.31. The lowest BCUT2D eigenvalue weighted by Crippen LogP contribution is -2.61. The fourth-order valence-electron chi connectivity index (χ4n) is 8.31. The molecule has 1 aromatic rings. The zero-order valence-electron chi connectivity index (χ0n) is 19.6. The minimum absolute atomic E-state index is 0.134. The highest BCUT2D eigenvalue weighted by molar-refractivity contribution is 5.76. The van der Waals surface area contributed by atoms with Gasteiger partial charge in [-0.2, -0.15) is 0 Å². The van der Waals surface area contributed by atoms with E-state index in [-0.39, 0.29) is 5.91 Å². The van der Waals surface area contributed by atoms with Crippen molar-refractivity contribution in [2.24, 2.45) is 23.7 Å². The quantitative estimate of drug-likeness (QED) is 0.675. The first-order chi connectivity index (χ1) is 16.0. The maximum absolute atomic E-state index is 13.6. The molecular formula is C27H37F2N3O. The number of carbonyl (C=O) groups excluding carboxylic acids is 1. The molecule has 4 saturated carbocycles. The van der Waals surface area contributed by atoms with E-state index in [1.807, 2.05) is 4.90 Å². The minimum atomic E-state index is -0.843. The Morgan fingerprint density at radius 3 is 2.12 bits per heavy atom. The number of halogens is 2. The highest BCUT2D eigenvalue weighted by atomic mass is 19.2. The molecule has 2 heterocycles. The lowest BCUT2D eigenvalue weighted by atomic mass is 9.54. The van der Waals surface area contributed by atoms with Crippen molar-refractivity contribution in [3.8, 4) is 0 Å². The first kappa shape index (κ1) is 22.0. The molecule has 180 valence electrons. The Kier molecular flexibility index (Phi) is 5.94. The predicted octanol–water partition coefficient (Wildman–Crippen LogP) is 4.29. The number of benzene rings is 1. The van der Waals surface area contributed by atoms with E-state index in [0.29, 0.717) is 31.1 Å². The summed E-state index contributed by atoms with van der Waals surface area (Å²) in [6, 6.07) is 5.23. The molecule has 0 N–H and O–H groups in total. The summed E-state index contributed by atoms with van der Waals surface area (Å²) in [5.41, 5.74) is 0.657. The van der Waals surface area contributed by atoms with Crippen LogP contribution < -0.4 is 0 Å². The number of amides is 1. The second-order valence-corrected chi connectivity index (χ2v) is 11.5. The Hall–Kier alpha value is -1.53. The Balaban J connectivity index is 1.03. The molecule has 6 heteroatoms. The summed E-state index contributed by atoms with van der Waals surface area (Å²) >= 11 is 0. The smallest absolute Gasteiger partial charge is 0.222 e. The Bertz CT molecular complexity index is 856. The average Bonchev–Trinajstić information content (AvgIpc) is 2.98. The number of hydrogen-bond acceptors (Lipinski definition) is 3. The maximum Gasteiger partial charge on any atom is 0.222 e. The standard InChI is InChI=1S/C27H37F2N3O/c28-24-3-1-18(16-25(24)29)17-32-6-5-23(2-4-26(32)33)30-7-9-31(10-8-30)27-21-12-19-11-20(14-21)15-22(27)13-19/h1,3,16,19-23,27H,2,4-15,17H2. The summed E-state index contributed by atoms with van der Waals surface area (Å²) in [6.45, 7) is 5.64. The van der Waals surface area contributed by atoms with E-state index < -0.39 is 11.6 Å². The third kappa shape index (κ3) is 4.34. The molecule has 4 aliphatic carbocycles. The normalized spacial score (nSPS) is 37.5. The number of rotatable bonds is 4. The lowest BCUT2D eigenvalue weighted by molar-refractivity contribution is -0.131. The molecular weight excluding hydrogens is 420 g/mol. The Labute approximate surface area is 196 Å². The summed E-state index contributed by atoms with van der Waals surface area (Å²) in [6.07, 6.45) is 9.86. The van der Waals surface area contributed by atoms with Gasteiger partial charge in [-0.25, -0.2) is 8.78 Å². The van der Waals surface area contributed by atoms with Crippen LogP contribution in [0.5, 0.6) is 0 Å². The SMILES string of the molecule is O=C1CCC(N2CCN(C3C4CC5CC(C4)CC3C5)CC2)CCN1Cc1ccc(F)c(F)c1. The van der Waals surface area contributed by atoms with Gasteiger partial charge in [-0.1, -0.05) is 6.07 Å². The second-order valence-electron chi connectivity index (χ2n) is 11.5. The van der Waals surface area contributed by atoms with E-state index in [9.17, 15) is 13.6 Å². The van der Waals surface area contributed by atoms with Crippen molar-refractivity contribution < 1.29 is 13.6 Å². The van der Waals surface area contributed by atoms with Crippen LogP contribution in [0.25, 0.3) is 0 Å². The third-order valence-corrected chi connectivity index (χ3v) is 9.60. The molecule has 7 rings (SSSR count). The lowest BCUT2D eigenvalue weighted by Gasteiger charge is -2.58. The van der Waals surface area contributed by atoms with Gasteiger partial charge in [-0.05, 0) is 86.3 Å². The molecule has 6 fully saturated rings. The zero-order chi connectivity index (χ0) is 22.5. The van der Waals surface area contributed by atoms with E-state index in [1.54, 1.807) is 6.07 Å². The zero-order valence-corrected chi connectivity index (χ0v) is 19.6. The molecule has 0 aromatic heterocycles. The van der Waals surface area contributed by atoms with Crippen LogP contribution in [-0.4, -0.2) is 65.4 Å². The number of nitrogens with zero attached hydrogens (tertiary/aromatic N) is 3. The van der Waals surface area contributed by atoms with Crippen LogP contribution in [0.1, 0.15) is 56.9 Å². The molecule has 4 bridgehead atoms. The van der Waals surface area contributed by atoms with Gasteiger partial charge >= 0.3 is 0 Å². The van der Waals surface area contributed by atoms with E-state index >= 15 is 0 Å². The number of hydrogen-bond donors (Lipinski definition) is 0. The molecule has 0 spiro atoms. The van der Waals surface area contributed by atoms with Crippen molar-refractivity contribution >= 4 is 5.91 Å². The molecule has 1 aromatic carbocycles. The van der Waals surface area contributed by atoms with Gasteiger partial charge in [0.05, 0.1) is 0 Å². The predicted molar refractivity (Wildman–Crippen MR) is 123 cm³/mol. The molecule has 2 saturated heterocycles. The summed E-state index contributed by atoms with van der Waals surface area (Å²) in [4.78, 5) is 20.0. The van der Waals surface area contributed by atoms with Crippen LogP contribution >= 0.6 is 0 Å².